The minimum atomic E-state index is -0.223. The first-order chi connectivity index (χ1) is 10.3. The van der Waals surface area contributed by atoms with Gasteiger partial charge in [-0.15, -0.1) is 11.6 Å². The number of piperidine rings is 1. The largest absolute Gasteiger partial charge is 0.490 e. The van der Waals surface area contributed by atoms with Gasteiger partial charge in [-0.05, 0) is 55.8 Å². The summed E-state index contributed by atoms with van der Waals surface area (Å²) in [5.41, 5.74) is 1.90. The third-order valence-corrected chi connectivity index (χ3v) is 4.18. The van der Waals surface area contributed by atoms with Crippen LogP contribution in [0.15, 0.2) is 48.7 Å². The van der Waals surface area contributed by atoms with E-state index in [0.717, 1.165) is 42.9 Å². The zero-order chi connectivity index (χ0) is 14.5. The van der Waals surface area contributed by atoms with Gasteiger partial charge in [0.05, 0.1) is 5.69 Å². The molecule has 1 atom stereocenters. The van der Waals surface area contributed by atoms with Crippen molar-refractivity contribution in [2.45, 2.75) is 24.3 Å². The van der Waals surface area contributed by atoms with E-state index in [2.05, 4.69) is 10.3 Å². The smallest absolute Gasteiger partial charge is 0.119 e. The molecule has 1 aliphatic rings. The van der Waals surface area contributed by atoms with Gasteiger partial charge in [0.1, 0.15) is 17.2 Å². The maximum atomic E-state index is 6.46. The van der Waals surface area contributed by atoms with Crippen LogP contribution in [0.25, 0.3) is 0 Å². The van der Waals surface area contributed by atoms with Crippen molar-refractivity contribution >= 4 is 11.6 Å². The molecule has 3 nitrogen and oxygen atoms in total. The Morgan fingerprint density at radius 3 is 2.52 bits per heavy atom. The summed E-state index contributed by atoms with van der Waals surface area (Å²) < 4.78 is 6.00. The molecule has 1 aromatic carbocycles. The lowest BCUT2D eigenvalue weighted by atomic mass is 10.1. The van der Waals surface area contributed by atoms with E-state index in [1.54, 1.807) is 6.20 Å². The molecule has 4 heteroatoms. The fourth-order valence-corrected chi connectivity index (χ4v) is 2.79. The van der Waals surface area contributed by atoms with Crippen LogP contribution in [0.3, 0.4) is 0 Å². The van der Waals surface area contributed by atoms with E-state index in [0.29, 0.717) is 6.10 Å². The molecule has 1 fully saturated rings. The molecule has 0 aliphatic carbocycles. The zero-order valence-corrected chi connectivity index (χ0v) is 12.6. The molecule has 1 aliphatic heterocycles. The predicted octanol–water partition coefficient (Wildman–Crippen LogP) is 3.54. The van der Waals surface area contributed by atoms with Crippen molar-refractivity contribution < 1.29 is 4.74 Å². The Kier molecular flexibility index (Phi) is 4.73. The predicted molar refractivity (Wildman–Crippen MR) is 84.9 cm³/mol. The fraction of sp³-hybridized carbons (Fsp3) is 0.353. The third kappa shape index (κ3) is 3.74. The highest BCUT2D eigenvalue weighted by atomic mass is 35.5. The maximum absolute atomic E-state index is 6.46. The summed E-state index contributed by atoms with van der Waals surface area (Å²) in [6.07, 6.45) is 4.21. The van der Waals surface area contributed by atoms with Gasteiger partial charge in [0, 0.05) is 6.20 Å². The maximum Gasteiger partial charge on any atom is 0.119 e. The van der Waals surface area contributed by atoms with Gasteiger partial charge >= 0.3 is 0 Å². The molecular formula is C17H19ClN2O. The Hall–Kier alpha value is -1.58. The molecule has 1 aromatic heterocycles. The minimum absolute atomic E-state index is 0.223. The molecule has 2 aromatic rings. The lowest BCUT2D eigenvalue weighted by Crippen LogP contribution is -2.34. The first-order valence-corrected chi connectivity index (χ1v) is 7.79. The minimum Gasteiger partial charge on any atom is -0.490 e. The number of rotatable bonds is 4. The van der Waals surface area contributed by atoms with Gasteiger partial charge in [0.2, 0.25) is 0 Å². The first-order valence-electron chi connectivity index (χ1n) is 7.35. The van der Waals surface area contributed by atoms with Crippen LogP contribution in [0, 0.1) is 0 Å². The van der Waals surface area contributed by atoms with Crippen molar-refractivity contribution in [1.82, 2.24) is 10.3 Å². The van der Waals surface area contributed by atoms with Crippen molar-refractivity contribution in [3.05, 3.63) is 59.9 Å². The highest BCUT2D eigenvalue weighted by molar-refractivity contribution is 6.22. The van der Waals surface area contributed by atoms with Crippen LogP contribution in [0.4, 0.5) is 0 Å². The molecule has 0 amide bonds. The Balaban J connectivity index is 1.66. The molecular weight excluding hydrogens is 284 g/mol. The highest BCUT2D eigenvalue weighted by Crippen LogP contribution is 2.28. The van der Waals surface area contributed by atoms with Crippen molar-refractivity contribution in [2.24, 2.45) is 0 Å². The first kappa shape index (κ1) is 14.4. The molecule has 2 heterocycles. The Bertz CT molecular complexity index is 553. The van der Waals surface area contributed by atoms with Gasteiger partial charge in [-0.25, -0.2) is 0 Å². The summed E-state index contributed by atoms with van der Waals surface area (Å²) in [5, 5.41) is 3.12. The number of nitrogens with zero attached hydrogens (tertiary/aromatic N) is 1. The second-order valence-corrected chi connectivity index (χ2v) is 5.69. The molecule has 3 rings (SSSR count). The number of ether oxygens (including phenoxy) is 1. The molecule has 1 unspecified atom stereocenters. The molecule has 1 saturated heterocycles. The molecule has 1 N–H and O–H groups in total. The van der Waals surface area contributed by atoms with E-state index in [4.69, 9.17) is 16.3 Å². The van der Waals surface area contributed by atoms with E-state index in [-0.39, 0.29) is 5.38 Å². The van der Waals surface area contributed by atoms with E-state index in [1.807, 2.05) is 42.5 Å². The summed E-state index contributed by atoms with van der Waals surface area (Å²) >= 11 is 6.46. The van der Waals surface area contributed by atoms with Crippen LogP contribution in [-0.4, -0.2) is 24.2 Å². The number of aromatic nitrogens is 1. The number of hydrogen-bond donors (Lipinski definition) is 1. The standard InChI is InChI=1S/C17H19ClN2O/c18-17(16-3-1-2-10-20-16)13-4-6-14(7-5-13)21-15-8-11-19-12-9-15/h1-7,10,15,17,19H,8-9,11-12H2. The van der Waals surface area contributed by atoms with Gasteiger partial charge in [-0.3, -0.25) is 4.98 Å². The van der Waals surface area contributed by atoms with Crippen molar-refractivity contribution in [3.63, 3.8) is 0 Å². The second-order valence-electron chi connectivity index (χ2n) is 5.25. The number of nitrogens with one attached hydrogen (secondary N) is 1. The van der Waals surface area contributed by atoms with Crippen LogP contribution >= 0.6 is 11.6 Å². The molecule has 0 spiro atoms. The Morgan fingerprint density at radius 2 is 1.86 bits per heavy atom. The van der Waals surface area contributed by atoms with Crippen LogP contribution in [-0.2, 0) is 0 Å². The van der Waals surface area contributed by atoms with E-state index < -0.39 is 0 Å². The summed E-state index contributed by atoms with van der Waals surface area (Å²) in [6.45, 7) is 2.07. The van der Waals surface area contributed by atoms with Gasteiger partial charge in [-0.2, -0.15) is 0 Å². The molecule has 21 heavy (non-hydrogen) atoms. The van der Waals surface area contributed by atoms with Crippen molar-refractivity contribution in [3.8, 4) is 5.75 Å². The number of hydrogen-bond acceptors (Lipinski definition) is 3. The molecule has 110 valence electrons. The SMILES string of the molecule is ClC(c1ccc(OC2CCNCC2)cc1)c1ccccn1. The Labute approximate surface area is 130 Å². The van der Waals surface area contributed by atoms with Gasteiger partial charge in [0.15, 0.2) is 0 Å². The van der Waals surface area contributed by atoms with Crippen LogP contribution in [0.1, 0.15) is 29.5 Å². The highest BCUT2D eigenvalue weighted by Gasteiger charge is 2.15. The summed E-state index contributed by atoms with van der Waals surface area (Å²) in [5.74, 6) is 0.913. The topological polar surface area (TPSA) is 34.1 Å². The lowest BCUT2D eigenvalue weighted by Gasteiger charge is -2.24. The third-order valence-electron chi connectivity index (χ3n) is 3.71. The number of benzene rings is 1. The van der Waals surface area contributed by atoms with E-state index in [9.17, 15) is 0 Å². The van der Waals surface area contributed by atoms with Crippen LogP contribution < -0.4 is 10.1 Å². The number of alkyl halides is 1. The number of halogens is 1. The van der Waals surface area contributed by atoms with Crippen LogP contribution in [0.5, 0.6) is 5.75 Å². The molecule has 0 saturated carbocycles. The monoisotopic (exact) mass is 302 g/mol. The van der Waals surface area contributed by atoms with Crippen molar-refractivity contribution in [1.29, 1.82) is 0 Å². The van der Waals surface area contributed by atoms with Gasteiger partial charge in [0.25, 0.3) is 0 Å². The lowest BCUT2D eigenvalue weighted by molar-refractivity contribution is 0.162. The van der Waals surface area contributed by atoms with Gasteiger partial charge in [-0.1, -0.05) is 18.2 Å². The zero-order valence-electron chi connectivity index (χ0n) is 11.8. The summed E-state index contributed by atoms with van der Waals surface area (Å²) in [4.78, 5) is 4.30. The van der Waals surface area contributed by atoms with Crippen LogP contribution in [0.2, 0.25) is 0 Å². The fourth-order valence-electron chi connectivity index (χ4n) is 2.52. The number of pyridine rings is 1. The normalized spacial score (nSPS) is 17.4. The van der Waals surface area contributed by atoms with E-state index in [1.165, 1.54) is 0 Å². The van der Waals surface area contributed by atoms with E-state index >= 15 is 0 Å². The summed E-state index contributed by atoms with van der Waals surface area (Å²) in [7, 11) is 0. The van der Waals surface area contributed by atoms with Crippen molar-refractivity contribution in [2.75, 3.05) is 13.1 Å². The molecule has 0 bridgehead atoms. The average Bonchev–Trinajstić information content (AvgIpc) is 2.57. The van der Waals surface area contributed by atoms with Gasteiger partial charge < -0.3 is 10.1 Å². The second kappa shape index (κ2) is 6.92. The summed E-state index contributed by atoms with van der Waals surface area (Å²) in [6, 6.07) is 13.8. The average molecular weight is 303 g/mol. The Morgan fingerprint density at radius 1 is 1.10 bits per heavy atom. The molecule has 0 radical (unpaired) electrons. The quantitative estimate of drug-likeness (QED) is 0.877.